The zero-order valence-corrected chi connectivity index (χ0v) is 11.9. The van der Waals surface area contributed by atoms with Gasteiger partial charge in [0.1, 0.15) is 0 Å². The second-order valence-electron chi connectivity index (χ2n) is 6.75. The van der Waals surface area contributed by atoms with Crippen molar-refractivity contribution in [3.05, 3.63) is 22.8 Å². The number of Topliss-reactive ketones (excluding diaryl/α,β-unsaturated/α-hetero) is 2. The van der Waals surface area contributed by atoms with Crippen LogP contribution in [0.5, 0.6) is 0 Å². The Kier molecular flexibility index (Phi) is 3.21. The van der Waals surface area contributed by atoms with Gasteiger partial charge in [0, 0.05) is 11.1 Å². The minimum Gasteiger partial charge on any atom is -0.285 e. The van der Waals surface area contributed by atoms with E-state index < -0.39 is 0 Å². The lowest BCUT2D eigenvalue weighted by Gasteiger charge is -2.30. The molecule has 0 aliphatic heterocycles. The van der Waals surface area contributed by atoms with Crippen LogP contribution in [0.1, 0.15) is 48.5 Å². The third-order valence-corrected chi connectivity index (χ3v) is 3.10. The first-order chi connectivity index (χ1) is 7.46. The summed E-state index contributed by atoms with van der Waals surface area (Å²) in [6, 6.07) is 0. The van der Waals surface area contributed by atoms with Gasteiger partial charge >= 0.3 is 0 Å². The van der Waals surface area contributed by atoms with E-state index in [1.54, 1.807) is 6.92 Å². The third-order valence-electron chi connectivity index (χ3n) is 3.10. The Balaban J connectivity index is 3.46. The summed E-state index contributed by atoms with van der Waals surface area (Å²) in [7, 11) is 0. The van der Waals surface area contributed by atoms with Gasteiger partial charge in [-0.05, 0) is 23.3 Å². The maximum Gasteiger partial charge on any atom is 0.229 e. The van der Waals surface area contributed by atoms with Gasteiger partial charge in [-0.15, -0.1) is 0 Å². The number of hydrogen-bond donors (Lipinski definition) is 0. The minimum absolute atomic E-state index is 0.114. The van der Waals surface area contributed by atoms with Crippen LogP contribution in [0.2, 0.25) is 0 Å². The number of hydrogen-bond acceptors (Lipinski definition) is 2. The van der Waals surface area contributed by atoms with Crippen molar-refractivity contribution in [1.29, 1.82) is 0 Å². The van der Waals surface area contributed by atoms with Crippen molar-refractivity contribution in [3.63, 3.8) is 0 Å². The monoisotopic (exact) mass is 234 g/mol. The van der Waals surface area contributed by atoms with Crippen LogP contribution in [0.3, 0.4) is 0 Å². The summed E-state index contributed by atoms with van der Waals surface area (Å²) in [4.78, 5) is 24.0. The Morgan fingerprint density at radius 3 is 1.65 bits per heavy atom. The van der Waals surface area contributed by atoms with E-state index in [1.807, 2.05) is 26.8 Å². The Labute approximate surface area is 104 Å². The molecule has 0 bridgehead atoms. The SMILES string of the molecule is CC1=C(C(C)(C)C)C=C(C(C)(C)C)C(=O)C1=O. The minimum atomic E-state index is -0.345. The normalized spacial score (nSPS) is 18.6. The molecule has 0 aromatic rings. The highest BCUT2D eigenvalue weighted by molar-refractivity contribution is 6.50. The first-order valence-corrected chi connectivity index (χ1v) is 5.99. The maximum absolute atomic E-state index is 12.0. The van der Waals surface area contributed by atoms with Crippen LogP contribution < -0.4 is 0 Å². The van der Waals surface area contributed by atoms with Gasteiger partial charge in [-0.3, -0.25) is 9.59 Å². The van der Waals surface area contributed by atoms with Gasteiger partial charge in [0.05, 0.1) is 0 Å². The summed E-state index contributed by atoms with van der Waals surface area (Å²) < 4.78 is 0. The molecule has 0 aromatic carbocycles. The zero-order chi connectivity index (χ0) is 13.6. The van der Waals surface area contributed by atoms with Crippen molar-refractivity contribution in [1.82, 2.24) is 0 Å². The highest BCUT2D eigenvalue weighted by Gasteiger charge is 2.36. The van der Waals surface area contributed by atoms with Gasteiger partial charge in [-0.2, -0.15) is 0 Å². The fourth-order valence-electron chi connectivity index (χ4n) is 2.07. The Morgan fingerprint density at radius 1 is 0.824 bits per heavy atom. The van der Waals surface area contributed by atoms with Gasteiger partial charge in [0.15, 0.2) is 0 Å². The maximum atomic E-state index is 12.0. The highest BCUT2D eigenvalue weighted by atomic mass is 16.2. The third kappa shape index (κ3) is 2.56. The molecule has 94 valence electrons. The molecule has 0 saturated heterocycles. The summed E-state index contributed by atoms with van der Waals surface area (Å²) in [5, 5.41) is 0. The summed E-state index contributed by atoms with van der Waals surface area (Å²) in [5.74, 6) is -0.689. The van der Waals surface area contributed by atoms with E-state index in [1.165, 1.54) is 0 Å². The van der Waals surface area contributed by atoms with Gasteiger partial charge in [-0.25, -0.2) is 0 Å². The Bertz CT molecular complexity index is 435. The lowest BCUT2D eigenvalue weighted by molar-refractivity contribution is -0.132. The molecule has 0 saturated carbocycles. The van der Waals surface area contributed by atoms with Gasteiger partial charge in [0.25, 0.3) is 0 Å². The van der Waals surface area contributed by atoms with Gasteiger partial charge in [-0.1, -0.05) is 47.6 Å². The molecule has 0 fully saturated rings. The van der Waals surface area contributed by atoms with Crippen molar-refractivity contribution in [3.8, 4) is 0 Å². The molecule has 0 radical (unpaired) electrons. The molecule has 0 amide bonds. The van der Waals surface area contributed by atoms with Crippen molar-refractivity contribution in [2.45, 2.75) is 48.5 Å². The fraction of sp³-hybridized carbons (Fsp3) is 0.600. The van der Waals surface area contributed by atoms with E-state index in [0.29, 0.717) is 11.1 Å². The molecule has 0 unspecified atom stereocenters. The molecule has 2 nitrogen and oxygen atoms in total. The lowest BCUT2D eigenvalue weighted by Crippen LogP contribution is -2.31. The molecule has 0 heterocycles. The quantitative estimate of drug-likeness (QED) is 0.475. The van der Waals surface area contributed by atoms with E-state index in [-0.39, 0.29) is 22.4 Å². The van der Waals surface area contributed by atoms with E-state index >= 15 is 0 Å². The summed E-state index contributed by atoms with van der Waals surface area (Å²) in [5.41, 5.74) is 1.79. The van der Waals surface area contributed by atoms with E-state index in [0.717, 1.165) is 5.57 Å². The standard InChI is InChI=1S/C15H22O2/c1-9-10(14(2,3)4)8-11(15(5,6)7)13(17)12(9)16/h8H,1-7H3. The second-order valence-corrected chi connectivity index (χ2v) is 6.75. The average molecular weight is 234 g/mol. The first-order valence-electron chi connectivity index (χ1n) is 5.99. The van der Waals surface area contributed by atoms with Crippen LogP contribution >= 0.6 is 0 Å². The fourth-order valence-corrected chi connectivity index (χ4v) is 2.07. The topological polar surface area (TPSA) is 34.1 Å². The number of allylic oxidation sites excluding steroid dienone is 4. The number of carbonyl (C=O) groups excluding carboxylic acids is 2. The predicted octanol–water partition coefficient (Wildman–Crippen LogP) is 3.47. The molecular formula is C15H22O2. The first kappa shape index (κ1) is 13.9. The molecule has 1 aliphatic rings. The number of rotatable bonds is 0. The molecule has 0 spiro atoms. The molecule has 1 aliphatic carbocycles. The van der Waals surface area contributed by atoms with Crippen LogP contribution in [0.15, 0.2) is 22.8 Å². The van der Waals surface area contributed by atoms with Crippen LogP contribution in [0, 0.1) is 10.8 Å². The number of ketones is 2. The van der Waals surface area contributed by atoms with Crippen molar-refractivity contribution in [2.75, 3.05) is 0 Å². The van der Waals surface area contributed by atoms with Crippen molar-refractivity contribution >= 4 is 11.6 Å². The summed E-state index contributed by atoms with van der Waals surface area (Å²) in [6.45, 7) is 13.8. The summed E-state index contributed by atoms with van der Waals surface area (Å²) >= 11 is 0. The molecule has 0 atom stereocenters. The van der Waals surface area contributed by atoms with E-state index in [4.69, 9.17) is 0 Å². The highest BCUT2D eigenvalue weighted by Crippen LogP contribution is 2.38. The number of carbonyl (C=O) groups is 2. The Hall–Kier alpha value is -1.18. The molecule has 17 heavy (non-hydrogen) atoms. The van der Waals surface area contributed by atoms with Crippen LogP contribution in [-0.2, 0) is 9.59 Å². The summed E-state index contributed by atoms with van der Waals surface area (Å²) in [6.07, 6.45) is 1.92. The lowest BCUT2D eigenvalue weighted by atomic mass is 9.72. The van der Waals surface area contributed by atoms with Crippen LogP contribution in [-0.4, -0.2) is 11.6 Å². The molecule has 0 aromatic heterocycles. The molecular weight excluding hydrogens is 212 g/mol. The second kappa shape index (κ2) is 3.94. The predicted molar refractivity (Wildman–Crippen MR) is 69.7 cm³/mol. The Morgan fingerprint density at radius 2 is 1.29 bits per heavy atom. The molecule has 1 rings (SSSR count). The molecule has 0 N–H and O–H groups in total. The van der Waals surface area contributed by atoms with E-state index in [9.17, 15) is 9.59 Å². The zero-order valence-electron chi connectivity index (χ0n) is 11.9. The van der Waals surface area contributed by atoms with Crippen molar-refractivity contribution in [2.24, 2.45) is 10.8 Å². The smallest absolute Gasteiger partial charge is 0.229 e. The molecule has 2 heteroatoms. The van der Waals surface area contributed by atoms with Gasteiger partial charge < -0.3 is 0 Å². The van der Waals surface area contributed by atoms with Gasteiger partial charge in [0.2, 0.25) is 11.6 Å². The van der Waals surface area contributed by atoms with Crippen molar-refractivity contribution < 1.29 is 9.59 Å². The van der Waals surface area contributed by atoms with Crippen LogP contribution in [0.4, 0.5) is 0 Å². The van der Waals surface area contributed by atoms with Crippen LogP contribution in [0.25, 0.3) is 0 Å². The van der Waals surface area contributed by atoms with E-state index in [2.05, 4.69) is 20.8 Å². The largest absolute Gasteiger partial charge is 0.285 e. The average Bonchev–Trinajstić information content (AvgIpc) is 2.10.